The molecule has 159 valence electrons. The van der Waals surface area contributed by atoms with E-state index in [1.54, 1.807) is 0 Å². The number of pyridine rings is 1. The summed E-state index contributed by atoms with van der Waals surface area (Å²) in [6.07, 6.45) is 2.96. The van der Waals surface area contributed by atoms with Crippen LogP contribution in [0.15, 0.2) is 54.7 Å². The number of hydrogen-bond donors (Lipinski definition) is 0. The van der Waals surface area contributed by atoms with Gasteiger partial charge in [-0.3, -0.25) is 11.4 Å². The standard InChI is InChI=1S/C21H21N.C5H7O2.Ir/c1-14-7-15(2)10-19(9-14)18-5-6-22-21(13-18)20-11-16(3)8-17(4)12-20;1-4(6)3-5(2)7;/h5-13H,1-4H3;3H,1-2H3;/q;-1;. The van der Waals surface area contributed by atoms with Crippen LogP contribution in [0.1, 0.15) is 36.1 Å². The summed E-state index contributed by atoms with van der Waals surface area (Å²) in [5.41, 5.74) is 9.82. The van der Waals surface area contributed by atoms with E-state index < -0.39 is 0 Å². The number of rotatable bonds is 4. The molecule has 3 aromatic rings. The Bertz CT molecular complexity index is 922. The second-order valence-electron chi connectivity index (χ2n) is 7.55. The zero-order valence-electron chi connectivity index (χ0n) is 18.4. The molecular formula is C26H28IrNO2-. The molecule has 0 aliphatic carbocycles. The fourth-order valence-electron chi connectivity index (χ4n) is 3.32. The van der Waals surface area contributed by atoms with E-state index in [0.717, 1.165) is 12.1 Å². The molecule has 1 radical (unpaired) electrons. The molecule has 0 saturated heterocycles. The Balaban J connectivity index is 0.000000489. The minimum atomic E-state index is -0.187. The molecular weight excluding hydrogens is 551 g/mol. The van der Waals surface area contributed by atoms with E-state index in [1.165, 1.54) is 52.8 Å². The minimum absolute atomic E-state index is 0. The van der Waals surface area contributed by atoms with Crippen LogP contribution in [0.5, 0.6) is 0 Å². The quantitative estimate of drug-likeness (QED) is 0.281. The Morgan fingerprint density at radius 3 is 1.50 bits per heavy atom. The van der Waals surface area contributed by atoms with E-state index in [2.05, 4.69) is 81.2 Å². The number of hydrogen-bond acceptors (Lipinski definition) is 3. The topological polar surface area (TPSA) is 47.0 Å². The van der Waals surface area contributed by atoms with Crippen molar-refractivity contribution >= 4 is 11.6 Å². The number of nitrogens with zero attached hydrogens (tertiary/aromatic N) is 1. The summed E-state index contributed by atoms with van der Waals surface area (Å²) in [5.74, 6) is -0.375. The van der Waals surface area contributed by atoms with Crippen molar-refractivity contribution in [3.63, 3.8) is 0 Å². The van der Waals surface area contributed by atoms with Gasteiger partial charge in [-0.25, -0.2) is 0 Å². The molecule has 0 atom stereocenters. The molecule has 4 heteroatoms. The zero-order valence-corrected chi connectivity index (χ0v) is 20.8. The first-order chi connectivity index (χ1) is 13.6. The molecule has 30 heavy (non-hydrogen) atoms. The monoisotopic (exact) mass is 579 g/mol. The van der Waals surface area contributed by atoms with Gasteiger partial charge in [-0.05, 0) is 76.9 Å². The maximum absolute atomic E-state index is 9.98. The number of ketones is 2. The molecule has 2 aromatic carbocycles. The van der Waals surface area contributed by atoms with Gasteiger partial charge in [0, 0.05) is 43.4 Å². The Kier molecular flexibility index (Phi) is 9.84. The van der Waals surface area contributed by atoms with E-state index in [4.69, 9.17) is 0 Å². The second-order valence-corrected chi connectivity index (χ2v) is 7.55. The van der Waals surface area contributed by atoms with E-state index in [0.29, 0.717) is 0 Å². The molecule has 0 aliphatic rings. The van der Waals surface area contributed by atoms with Gasteiger partial charge >= 0.3 is 0 Å². The van der Waals surface area contributed by atoms with Crippen molar-refractivity contribution in [1.29, 1.82) is 0 Å². The van der Waals surface area contributed by atoms with Crippen LogP contribution in [0, 0.1) is 34.1 Å². The predicted molar refractivity (Wildman–Crippen MR) is 120 cm³/mol. The first kappa shape index (κ1) is 25.5. The van der Waals surface area contributed by atoms with Crippen LogP contribution in [0.2, 0.25) is 0 Å². The molecule has 0 unspecified atom stereocenters. The average molecular weight is 579 g/mol. The maximum atomic E-state index is 9.98. The van der Waals surface area contributed by atoms with E-state index in [9.17, 15) is 9.59 Å². The third kappa shape index (κ3) is 8.06. The Hall–Kier alpha value is -2.55. The summed E-state index contributed by atoms with van der Waals surface area (Å²) in [7, 11) is 0. The van der Waals surface area contributed by atoms with Crippen molar-refractivity contribution < 1.29 is 29.7 Å². The van der Waals surface area contributed by atoms with Gasteiger partial charge in [-0.1, -0.05) is 46.5 Å². The Morgan fingerprint density at radius 2 is 1.10 bits per heavy atom. The average Bonchev–Trinajstić information content (AvgIpc) is 2.59. The molecule has 0 saturated carbocycles. The van der Waals surface area contributed by atoms with Crippen molar-refractivity contribution in [2.75, 3.05) is 0 Å². The van der Waals surface area contributed by atoms with Crippen LogP contribution in [-0.4, -0.2) is 16.6 Å². The van der Waals surface area contributed by atoms with Crippen molar-refractivity contribution in [1.82, 2.24) is 4.98 Å². The van der Waals surface area contributed by atoms with Gasteiger partial charge < -0.3 is 9.59 Å². The summed E-state index contributed by atoms with van der Waals surface area (Å²) in [6.45, 7) is 11.2. The van der Waals surface area contributed by atoms with Crippen LogP contribution in [-0.2, 0) is 29.7 Å². The van der Waals surface area contributed by atoms with E-state index >= 15 is 0 Å². The largest absolute Gasteiger partial charge is 0.334 e. The minimum Gasteiger partial charge on any atom is -0.334 e. The normalized spacial score (nSPS) is 9.67. The molecule has 0 amide bonds. The maximum Gasteiger partial charge on any atom is 0.0708 e. The fraction of sp³-hybridized carbons (Fsp3) is 0.231. The SMILES string of the molecule is CC(=O)[CH-]C(C)=O.Cc1cc(C)cc(-c2ccnc(-c3cc(C)cc(C)c3)c2)c1.[Ir]. The molecule has 0 fully saturated rings. The Morgan fingerprint density at radius 1 is 0.667 bits per heavy atom. The number of carbonyl (C=O) groups is 2. The van der Waals surface area contributed by atoms with Crippen LogP contribution >= 0.6 is 0 Å². The Labute approximate surface area is 193 Å². The number of aromatic nitrogens is 1. The van der Waals surface area contributed by atoms with Gasteiger partial charge in [-0.15, -0.1) is 0 Å². The van der Waals surface area contributed by atoms with Crippen molar-refractivity contribution in [3.05, 3.63) is 83.4 Å². The smallest absolute Gasteiger partial charge is 0.0708 e. The van der Waals surface area contributed by atoms with Gasteiger partial charge in [0.25, 0.3) is 0 Å². The van der Waals surface area contributed by atoms with Gasteiger partial charge in [0.2, 0.25) is 0 Å². The fourth-order valence-corrected chi connectivity index (χ4v) is 3.32. The predicted octanol–water partition coefficient (Wildman–Crippen LogP) is 6.02. The third-order valence-corrected chi connectivity index (χ3v) is 4.24. The number of aryl methyl sites for hydroxylation is 4. The van der Waals surface area contributed by atoms with E-state index in [-0.39, 0.29) is 31.7 Å². The van der Waals surface area contributed by atoms with Crippen molar-refractivity contribution in [2.45, 2.75) is 41.5 Å². The van der Waals surface area contributed by atoms with Crippen molar-refractivity contribution in [3.8, 4) is 22.4 Å². The summed E-state index contributed by atoms with van der Waals surface area (Å²) in [4.78, 5) is 24.5. The summed E-state index contributed by atoms with van der Waals surface area (Å²) in [5, 5.41) is 0. The van der Waals surface area contributed by atoms with Crippen LogP contribution in [0.25, 0.3) is 22.4 Å². The first-order valence-corrected chi connectivity index (χ1v) is 9.63. The zero-order chi connectivity index (χ0) is 21.6. The van der Waals surface area contributed by atoms with Gasteiger partial charge in [0.05, 0.1) is 5.69 Å². The van der Waals surface area contributed by atoms with Crippen LogP contribution in [0.4, 0.5) is 0 Å². The molecule has 0 N–H and O–H groups in total. The molecule has 1 aromatic heterocycles. The first-order valence-electron chi connectivity index (χ1n) is 9.63. The summed E-state index contributed by atoms with van der Waals surface area (Å²) < 4.78 is 0. The summed E-state index contributed by atoms with van der Waals surface area (Å²) >= 11 is 0. The van der Waals surface area contributed by atoms with Crippen LogP contribution < -0.4 is 0 Å². The molecule has 1 heterocycles. The molecule has 3 nitrogen and oxygen atoms in total. The molecule has 0 spiro atoms. The second kappa shape index (κ2) is 11.6. The summed E-state index contributed by atoms with van der Waals surface area (Å²) in [6, 6.07) is 17.5. The number of Topliss-reactive ketones (excluding diaryl/α,β-unsaturated/α-hetero) is 2. The molecule has 3 rings (SSSR count). The number of benzene rings is 2. The van der Waals surface area contributed by atoms with Crippen molar-refractivity contribution in [2.24, 2.45) is 0 Å². The molecule has 0 bridgehead atoms. The van der Waals surface area contributed by atoms with Gasteiger partial charge in [-0.2, -0.15) is 0 Å². The van der Waals surface area contributed by atoms with Gasteiger partial charge in [0.15, 0.2) is 0 Å². The van der Waals surface area contributed by atoms with E-state index in [1.807, 2.05) is 6.20 Å². The van der Waals surface area contributed by atoms with Gasteiger partial charge in [0.1, 0.15) is 0 Å². The number of carbonyl (C=O) groups excluding carboxylic acids is 2. The third-order valence-electron chi connectivity index (χ3n) is 4.24. The van der Waals surface area contributed by atoms with Crippen LogP contribution in [0.3, 0.4) is 0 Å². The molecule has 0 aliphatic heterocycles.